The number of ether oxygens (including phenoxy) is 2. The minimum Gasteiger partial charge on any atom is -0.493 e. The molecule has 2 N–H and O–H groups in total. The molecule has 0 radical (unpaired) electrons. The average molecular weight is 365 g/mol. The molecule has 1 aromatic carbocycles. The summed E-state index contributed by atoms with van der Waals surface area (Å²) in [6, 6.07) is 8.08. The third-order valence-corrected chi connectivity index (χ3v) is 3.90. The molecule has 0 fully saturated rings. The second-order valence-corrected chi connectivity index (χ2v) is 6.99. The summed E-state index contributed by atoms with van der Waals surface area (Å²) in [5.41, 5.74) is 1.33. The van der Waals surface area contributed by atoms with Crippen LogP contribution in [0.15, 0.2) is 36.5 Å². The van der Waals surface area contributed by atoms with E-state index >= 15 is 0 Å². The van der Waals surface area contributed by atoms with E-state index in [2.05, 4.69) is 15.0 Å². The second-order valence-electron chi connectivity index (χ2n) is 5.15. The molecule has 0 aliphatic rings. The van der Waals surface area contributed by atoms with E-state index in [1.165, 1.54) is 26.5 Å². The van der Waals surface area contributed by atoms with Gasteiger partial charge in [-0.25, -0.2) is 13.1 Å². The van der Waals surface area contributed by atoms with Crippen LogP contribution in [0.2, 0.25) is 0 Å². The predicted octanol–water partition coefficient (Wildman–Crippen LogP) is 1.40. The quantitative estimate of drug-likeness (QED) is 0.768. The van der Waals surface area contributed by atoms with Crippen molar-refractivity contribution in [3.63, 3.8) is 0 Å². The van der Waals surface area contributed by atoms with E-state index in [0.717, 1.165) is 6.26 Å². The molecule has 0 saturated carbocycles. The summed E-state index contributed by atoms with van der Waals surface area (Å²) in [6.07, 6.45) is 2.50. The van der Waals surface area contributed by atoms with Crippen LogP contribution in [0.3, 0.4) is 0 Å². The van der Waals surface area contributed by atoms with Crippen molar-refractivity contribution in [3.05, 3.63) is 47.8 Å². The van der Waals surface area contributed by atoms with E-state index in [0.29, 0.717) is 28.4 Å². The molecule has 1 aromatic heterocycles. The van der Waals surface area contributed by atoms with Crippen molar-refractivity contribution in [2.75, 3.05) is 25.8 Å². The molecule has 25 heavy (non-hydrogen) atoms. The zero-order valence-electron chi connectivity index (χ0n) is 14.1. The van der Waals surface area contributed by atoms with Crippen molar-refractivity contribution in [3.8, 4) is 11.5 Å². The molecule has 9 heteroatoms. The number of pyridine rings is 1. The highest BCUT2D eigenvalue weighted by Crippen LogP contribution is 2.29. The standard InChI is InChI=1S/C16H19N3O5S/c1-23-14-5-4-12(9-15(14)24-2)19-16(20)11-6-7-17-13(8-11)10-18-25(3,21)22/h4-9,18H,10H2,1-3H3,(H,19,20). The first-order valence-corrected chi connectivity index (χ1v) is 9.14. The largest absolute Gasteiger partial charge is 0.493 e. The van der Waals surface area contributed by atoms with Gasteiger partial charge < -0.3 is 14.8 Å². The number of hydrogen-bond acceptors (Lipinski definition) is 6. The Bertz CT molecular complexity index is 868. The van der Waals surface area contributed by atoms with Crippen LogP contribution in [-0.4, -0.2) is 39.8 Å². The van der Waals surface area contributed by atoms with Gasteiger partial charge in [-0.05, 0) is 24.3 Å². The number of carbonyl (C=O) groups excluding carboxylic acids is 1. The zero-order valence-corrected chi connectivity index (χ0v) is 14.9. The van der Waals surface area contributed by atoms with Gasteiger partial charge in [0.15, 0.2) is 11.5 Å². The highest BCUT2D eigenvalue weighted by molar-refractivity contribution is 7.88. The molecule has 8 nitrogen and oxygen atoms in total. The Morgan fingerprint density at radius 1 is 1.12 bits per heavy atom. The highest BCUT2D eigenvalue weighted by atomic mass is 32.2. The van der Waals surface area contributed by atoms with Gasteiger partial charge in [0.25, 0.3) is 5.91 Å². The molecule has 2 rings (SSSR count). The Hall–Kier alpha value is -2.65. The molecular weight excluding hydrogens is 346 g/mol. The lowest BCUT2D eigenvalue weighted by Gasteiger charge is -2.11. The lowest BCUT2D eigenvalue weighted by Crippen LogP contribution is -2.22. The number of anilines is 1. The molecule has 0 saturated heterocycles. The highest BCUT2D eigenvalue weighted by Gasteiger charge is 2.11. The first-order chi connectivity index (χ1) is 11.8. The molecule has 0 unspecified atom stereocenters. The van der Waals surface area contributed by atoms with Gasteiger partial charge >= 0.3 is 0 Å². The summed E-state index contributed by atoms with van der Waals surface area (Å²) >= 11 is 0. The van der Waals surface area contributed by atoms with Crippen LogP contribution in [0.5, 0.6) is 11.5 Å². The van der Waals surface area contributed by atoms with Crippen LogP contribution in [0.1, 0.15) is 16.1 Å². The Kier molecular flexibility index (Phi) is 5.94. The number of nitrogens with zero attached hydrogens (tertiary/aromatic N) is 1. The number of aromatic nitrogens is 1. The van der Waals surface area contributed by atoms with Gasteiger partial charge in [0.1, 0.15) is 0 Å². The fourth-order valence-electron chi connectivity index (χ4n) is 2.04. The molecule has 0 aliphatic carbocycles. The van der Waals surface area contributed by atoms with Gasteiger partial charge in [0.2, 0.25) is 10.0 Å². The summed E-state index contributed by atoms with van der Waals surface area (Å²) in [7, 11) is -0.300. The van der Waals surface area contributed by atoms with Gasteiger partial charge in [-0.3, -0.25) is 9.78 Å². The van der Waals surface area contributed by atoms with Crippen molar-refractivity contribution < 1.29 is 22.7 Å². The molecule has 1 heterocycles. The van der Waals surface area contributed by atoms with Crippen molar-refractivity contribution in [2.45, 2.75) is 6.54 Å². The van der Waals surface area contributed by atoms with Crippen LogP contribution in [-0.2, 0) is 16.6 Å². The number of nitrogens with one attached hydrogen (secondary N) is 2. The van der Waals surface area contributed by atoms with Crippen LogP contribution in [0.4, 0.5) is 5.69 Å². The Morgan fingerprint density at radius 3 is 2.48 bits per heavy atom. The lowest BCUT2D eigenvalue weighted by molar-refractivity contribution is 0.102. The monoisotopic (exact) mass is 365 g/mol. The van der Waals surface area contributed by atoms with E-state index in [-0.39, 0.29) is 12.5 Å². The Balaban J connectivity index is 2.13. The number of amides is 1. The van der Waals surface area contributed by atoms with Gasteiger partial charge in [-0.15, -0.1) is 0 Å². The van der Waals surface area contributed by atoms with Crippen molar-refractivity contribution in [2.24, 2.45) is 0 Å². The molecule has 134 valence electrons. The third kappa shape index (κ3) is 5.44. The normalized spacial score (nSPS) is 11.0. The minimum atomic E-state index is -3.33. The minimum absolute atomic E-state index is 0.0102. The number of carbonyl (C=O) groups is 1. The van der Waals surface area contributed by atoms with E-state index < -0.39 is 10.0 Å². The van der Waals surface area contributed by atoms with E-state index in [4.69, 9.17) is 9.47 Å². The molecular formula is C16H19N3O5S. The molecule has 0 aliphatic heterocycles. The maximum atomic E-state index is 12.4. The smallest absolute Gasteiger partial charge is 0.255 e. The Morgan fingerprint density at radius 2 is 1.84 bits per heavy atom. The van der Waals surface area contributed by atoms with E-state index in [1.807, 2.05) is 0 Å². The summed E-state index contributed by atoms with van der Waals surface area (Å²) in [4.78, 5) is 16.4. The van der Waals surface area contributed by atoms with Gasteiger partial charge in [-0.2, -0.15) is 0 Å². The first kappa shape index (κ1) is 18.7. The summed E-state index contributed by atoms with van der Waals surface area (Å²) in [5.74, 6) is 0.696. The van der Waals surface area contributed by atoms with Crippen LogP contribution >= 0.6 is 0 Å². The van der Waals surface area contributed by atoms with Gasteiger partial charge in [0, 0.05) is 23.5 Å². The topological polar surface area (TPSA) is 107 Å². The van der Waals surface area contributed by atoms with Gasteiger partial charge in [0.05, 0.1) is 32.7 Å². The van der Waals surface area contributed by atoms with Crippen LogP contribution in [0.25, 0.3) is 0 Å². The van der Waals surface area contributed by atoms with Crippen LogP contribution < -0.4 is 19.5 Å². The third-order valence-electron chi connectivity index (χ3n) is 3.24. The Labute approximate surface area is 146 Å². The number of benzene rings is 1. The molecule has 0 bridgehead atoms. The maximum absolute atomic E-state index is 12.4. The summed E-state index contributed by atoms with van der Waals surface area (Å²) in [5, 5.41) is 2.74. The SMILES string of the molecule is COc1ccc(NC(=O)c2ccnc(CNS(C)(=O)=O)c2)cc1OC. The number of hydrogen-bond donors (Lipinski definition) is 2. The fourth-order valence-corrected chi connectivity index (χ4v) is 2.45. The zero-order chi connectivity index (χ0) is 18.4. The maximum Gasteiger partial charge on any atom is 0.255 e. The predicted molar refractivity (Wildman–Crippen MR) is 93.4 cm³/mol. The summed E-state index contributed by atoms with van der Waals surface area (Å²) < 4.78 is 34.9. The molecule has 1 amide bonds. The molecule has 0 spiro atoms. The second kappa shape index (κ2) is 7.95. The van der Waals surface area contributed by atoms with Crippen molar-refractivity contribution in [1.29, 1.82) is 0 Å². The molecule has 2 aromatic rings. The van der Waals surface area contributed by atoms with E-state index in [1.54, 1.807) is 24.3 Å². The number of sulfonamides is 1. The summed E-state index contributed by atoms with van der Waals surface area (Å²) in [6.45, 7) is 0.0102. The fraction of sp³-hybridized carbons (Fsp3) is 0.250. The molecule has 0 atom stereocenters. The number of rotatable bonds is 7. The van der Waals surface area contributed by atoms with Crippen molar-refractivity contribution >= 4 is 21.6 Å². The average Bonchev–Trinajstić information content (AvgIpc) is 2.59. The van der Waals surface area contributed by atoms with Crippen LogP contribution in [0, 0.1) is 0 Å². The lowest BCUT2D eigenvalue weighted by atomic mass is 10.2. The van der Waals surface area contributed by atoms with Crippen molar-refractivity contribution in [1.82, 2.24) is 9.71 Å². The first-order valence-electron chi connectivity index (χ1n) is 7.25. The van der Waals surface area contributed by atoms with Gasteiger partial charge in [-0.1, -0.05) is 0 Å². The van der Waals surface area contributed by atoms with E-state index in [9.17, 15) is 13.2 Å². The number of methoxy groups -OCH3 is 2.